The summed E-state index contributed by atoms with van der Waals surface area (Å²) < 4.78 is 1.74. The Morgan fingerprint density at radius 1 is 1.03 bits per heavy atom. The van der Waals surface area contributed by atoms with Crippen molar-refractivity contribution in [3.05, 3.63) is 64.8 Å². The fourth-order valence-electron chi connectivity index (χ4n) is 4.53. The number of imidazole rings is 2. The highest BCUT2D eigenvalue weighted by molar-refractivity contribution is 5.79. The van der Waals surface area contributed by atoms with Crippen LogP contribution in [0.25, 0.3) is 28.0 Å². The van der Waals surface area contributed by atoms with Crippen LogP contribution in [0.3, 0.4) is 0 Å². The lowest BCUT2D eigenvalue weighted by molar-refractivity contribution is 0.302. The smallest absolute Gasteiger partial charge is 0.332 e. The average Bonchev–Trinajstić information content (AvgIpc) is 3.23. The Kier molecular flexibility index (Phi) is 5.04. The molecular formula is C25H31N5O. The van der Waals surface area contributed by atoms with E-state index in [1.165, 1.54) is 5.56 Å². The Balaban J connectivity index is 1.89. The molecule has 0 bridgehead atoms. The molecule has 0 aliphatic carbocycles. The van der Waals surface area contributed by atoms with Gasteiger partial charge in [0.15, 0.2) is 0 Å². The maximum absolute atomic E-state index is 13.2. The van der Waals surface area contributed by atoms with E-state index >= 15 is 0 Å². The van der Waals surface area contributed by atoms with Crippen molar-refractivity contribution in [1.82, 2.24) is 19.5 Å². The SMILES string of the molecule is Cc1ccc(-c2c(NC(C)(C)CC(C)(C)C)[nH]c(=O)n2-c2ccc3nc[nH]c3c2)cc1. The third-order valence-electron chi connectivity index (χ3n) is 5.32. The lowest BCUT2D eigenvalue weighted by Crippen LogP contribution is -2.35. The van der Waals surface area contributed by atoms with E-state index in [1.807, 2.05) is 18.2 Å². The number of aromatic amines is 2. The molecule has 0 radical (unpaired) electrons. The van der Waals surface area contributed by atoms with E-state index in [4.69, 9.17) is 0 Å². The van der Waals surface area contributed by atoms with Crippen LogP contribution in [0.4, 0.5) is 5.82 Å². The maximum Gasteiger partial charge on any atom is 0.332 e. The van der Waals surface area contributed by atoms with Crippen LogP contribution in [-0.4, -0.2) is 25.1 Å². The minimum Gasteiger partial charge on any atom is -0.365 e. The third-order valence-corrected chi connectivity index (χ3v) is 5.32. The second-order valence-corrected chi connectivity index (χ2v) is 10.2. The van der Waals surface area contributed by atoms with Gasteiger partial charge in [0.25, 0.3) is 0 Å². The van der Waals surface area contributed by atoms with Crippen molar-refractivity contribution >= 4 is 16.9 Å². The minimum absolute atomic E-state index is 0.148. The van der Waals surface area contributed by atoms with Gasteiger partial charge < -0.3 is 10.3 Å². The number of nitrogens with one attached hydrogen (secondary N) is 3. The van der Waals surface area contributed by atoms with E-state index in [-0.39, 0.29) is 16.6 Å². The molecule has 0 aliphatic rings. The number of H-pyrrole nitrogens is 2. The topological polar surface area (TPSA) is 78.5 Å². The molecule has 4 rings (SSSR count). The zero-order valence-corrected chi connectivity index (χ0v) is 19.1. The first-order valence-electron chi connectivity index (χ1n) is 10.7. The summed E-state index contributed by atoms with van der Waals surface area (Å²) in [5.74, 6) is 0.729. The monoisotopic (exact) mass is 417 g/mol. The summed E-state index contributed by atoms with van der Waals surface area (Å²) in [7, 11) is 0. The van der Waals surface area contributed by atoms with Crippen molar-refractivity contribution in [2.45, 2.75) is 53.5 Å². The minimum atomic E-state index is -0.208. The van der Waals surface area contributed by atoms with Crippen LogP contribution in [0.15, 0.2) is 53.6 Å². The second kappa shape index (κ2) is 7.45. The predicted octanol–water partition coefficient (Wildman–Crippen LogP) is 5.64. The molecule has 0 saturated heterocycles. The molecule has 162 valence electrons. The molecule has 0 fully saturated rings. The van der Waals surface area contributed by atoms with Gasteiger partial charge in [0.2, 0.25) is 0 Å². The summed E-state index contributed by atoms with van der Waals surface area (Å²) in [6, 6.07) is 14.1. The fraction of sp³-hybridized carbons (Fsp3) is 0.360. The molecule has 0 amide bonds. The van der Waals surface area contributed by atoms with Gasteiger partial charge in [-0.25, -0.2) is 9.78 Å². The summed E-state index contributed by atoms with van der Waals surface area (Å²) >= 11 is 0. The van der Waals surface area contributed by atoms with Crippen LogP contribution in [0.1, 0.15) is 46.6 Å². The number of anilines is 1. The average molecular weight is 418 g/mol. The highest BCUT2D eigenvalue weighted by atomic mass is 16.1. The molecule has 0 spiro atoms. The normalized spacial score (nSPS) is 12.5. The Morgan fingerprint density at radius 2 is 1.74 bits per heavy atom. The Labute approximate surface area is 182 Å². The first kappa shape index (κ1) is 21.0. The number of hydrogen-bond acceptors (Lipinski definition) is 3. The van der Waals surface area contributed by atoms with Crippen molar-refractivity contribution in [3.63, 3.8) is 0 Å². The molecule has 0 atom stereocenters. The lowest BCUT2D eigenvalue weighted by atomic mass is 9.82. The molecule has 2 aromatic carbocycles. The van der Waals surface area contributed by atoms with Crippen LogP contribution in [0.5, 0.6) is 0 Å². The van der Waals surface area contributed by atoms with Crippen molar-refractivity contribution in [2.24, 2.45) is 5.41 Å². The van der Waals surface area contributed by atoms with Gasteiger partial charge in [-0.1, -0.05) is 50.6 Å². The van der Waals surface area contributed by atoms with Gasteiger partial charge in [-0.15, -0.1) is 0 Å². The van der Waals surface area contributed by atoms with Crippen molar-refractivity contribution < 1.29 is 0 Å². The molecule has 0 aliphatic heterocycles. The Morgan fingerprint density at radius 3 is 2.42 bits per heavy atom. The second-order valence-electron chi connectivity index (χ2n) is 10.2. The number of rotatable bonds is 5. The van der Waals surface area contributed by atoms with E-state index in [2.05, 4.69) is 86.1 Å². The van der Waals surface area contributed by atoms with Crippen molar-refractivity contribution in [1.29, 1.82) is 0 Å². The number of fused-ring (bicyclic) bond motifs is 1. The van der Waals surface area contributed by atoms with Gasteiger partial charge in [-0.05, 0) is 50.8 Å². The molecule has 31 heavy (non-hydrogen) atoms. The molecule has 6 heteroatoms. The number of hydrogen-bond donors (Lipinski definition) is 3. The summed E-state index contributed by atoms with van der Waals surface area (Å²) in [5.41, 5.74) is 5.29. The lowest BCUT2D eigenvalue weighted by Gasteiger charge is -2.34. The van der Waals surface area contributed by atoms with Gasteiger partial charge in [-0.3, -0.25) is 9.55 Å². The van der Waals surface area contributed by atoms with E-state index in [1.54, 1.807) is 10.9 Å². The number of nitrogens with zero attached hydrogens (tertiary/aromatic N) is 2. The summed E-state index contributed by atoms with van der Waals surface area (Å²) in [4.78, 5) is 23.7. The Bertz CT molecular complexity index is 1270. The highest BCUT2D eigenvalue weighted by Gasteiger charge is 2.28. The number of aromatic nitrogens is 4. The molecule has 2 heterocycles. The first-order chi connectivity index (χ1) is 14.5. The van der Waals surface area contributed by atoms with Crippen LogP contribution in [0, 0.1) is 12.3 Å². The molecule has 0 unspecified atom stereocenters. The van der Waals surface area contributed by atoms with Crippen molar-refractivity contribution in [2.75, 3.05) is 5.32 Å². The maximum atomic E-state index is 13.2. The Hall–Kier alpha value is -3.28. The standard InChI is InChI=1S/C25H31N5O/c1-16-7-9-17(10-8-16)21-22(29-25(5,6)14-24(2,3)4)28-23(31)30(21)18-11-12-19-20(13-18)27-15-26-19/h7-13,15,29H,14H2,1-6H3,(H,26,27)(H,28,31). The van der Waals surface area contributed by atoms with Crippen LogP contribution >= 0.6 is 0 Å². The van der Waals surface area contributed by atoms with E-state index < -0.39 is 0 Å². The number of aryl methyl sites for hydroxylation is 1. The highest BCUT2D eigenvalue weighted by Crippen LogP contribution is 2.34. The molecular weight excluding hydrogens is 386 g/mol. The molecule has 4 aromatic rings. The quantitative estimate of drug-likeness (QED) is 0.393. The summed E-state index contributed by atoms with van der Waals surface area (Å²) in [5, 5.41) is 3.62. The van der Waals surface area contributed by atoms with Gasteiger partial charge in [0, 0.05) is 11.1 Å². The van der Waals surface area contributed by atoms with Gasteiger partial charge in [0.05, 0.1) is 28.7 Å². The molecule has 0 saturated carbocycles. The molecule has 2 aromatic heterocycles. The van der Waals surface area contributed by atoms with Crippen LogP contribution in [0.2, 0.25) is 0 Å². The molecule has 6 nitrogen and oxygen atoms in total. The zero-order chi connectivity index (χ0) is 22.4. The van der Waals surface area contributed by atoms with Gasteiger partial charge in [0.1, 0.15) is 5.82 Å². The van der Waals surface area contributed by atoms with Gasteiger partial charge in [-0.2, -0.15) is 0 Å². The summed E-state index contributed by atoms with van der Waals surface area (Å²) in [6.45, 7) is 13.1. The fourth-order valence-corrected chi connectivity index (χ4v) is 4.53. The summed E-state index contributed by atoms with van der Waals surface area (Å²) in [6.07, 6.45) is 2.61. The first-order valence-corrected chi connectivity index (χ1v) is 10.7. The third kappa shape index (κ3) is 4.43. The van der Waals surface area contributed by atoms with Crippen LogP contribution < -0.4 is 11.0 Å². The van der Waals surface area contributed by atoms with E-state index in [0.717, 1.165) is 40.2 Å². The largest absolute Gasteiger partial charge is 0.365 e. The van der Waals surface area contributed by atoms with Gasteiger partial charge >= 0.3 is 5.69 Å². The zero-order valence-electron chi connectivity index (χ0n) is 19.1. The number of benzene rings is 2. The molecule has 3 N–H and O–H groups in total. The van der Waals surface area contributed by atoms with E-state index in [0.29, 0.717) is 0 Å². The van der Waals surface area contributed by atoms with Crippen LogP contribution in [-0.2, 0) is 0 Å². The predicted molar refractivity (Wildman–Crippen MR) is 128 cm³/mol. The van der Waals surface area contributed by atoms with Crippen molar-refractivity contribution in [3.8, 4) is 16.9 Å². The van der Waals surface area contributed by atoms with E-state index in [9.17, 15) is 4.79 Å².